The number of carbonyl (C=O) groups is 3. The van der Waals surface area contributed by atoms with Crippen LogP contribution in [-0.2, 0) is 28.6 Å². The average molecular weight is 1040 g/mol. The van der Waals surface area contributed by atoms with Gasteiger partial charge >= 0.3 is 17.9 Å². The van der Waals surface area contributed by atoms with Crippen molar-refractivity contribution in [3.63, 3.8) is 0 Å². The zero-order valence-electron chi connectivity index (χ0n) is 49.0. The minimum atomic E-state index is -0.827. The molecule has 75 heavy (non-hydrogen) atoms. The number of hydrogen-bond acceptors (Lipinski definition) is 6. The van der Waals surface area contributed by atoms with Crippen LogP contribution in [0.5, 0.6) is 0 Å². The molecule has 1 atom stereocenters. The highest BCUT2D eigenvalue weighted by Crippen LogP contribution is 2.16. The van der Waals surface area contributed by atoms with E-state index >= 15 is 0 Å². The third-order valence-electron chi connectivity index (χ3n) is 13.3. The summed E-state index contributed by atoms with van der Waals surface area (Å²) in [5, 5.41) is 0. The Kier molecular flexibility index (Phi) is 59.3. The minimum Gasteiger partial charge on any atom is -0.462 e. The molecular formula is C69H116O6. The van der Waals surface area contributed by atoms with Gasteiger partial charge in [0.15, 0.2) is 6.10 Å². The number of carbonyl (C=O) groups excluding carboxylic acids is 3. The Bertz CT molecular complexity index is 1520. The Morgan fingerprint density at radius 2 is 0.507 bits per heavy atom. The fraction of sp³-hybridized carbons (Fsp3) is 0.696. The third kappa shape index (κ3) is 60.8. The van der Waals surface area contributed by atoms with Gasteiger partial charge < -0.3 is 14.2 Å². The maximum absolute atomic E-state index is 12.9. The van der Waals surface area contributed by atoms with Crippen molar-refractivity contribution >= 4 is 17.9 Å². The van der Waals surface area contributed by atoms with E-state index in [1.165, 1.54) is 154 Å². The lowest BCUT2D eigenvalue weighted by atomic mass is 10.0. The van der Waals surface area contributed by atoms with Crippen molar-refractivity contribution < 1.29 is 28.6 Å². The molecule has 0 bridgehead atoms. The van der Waals surface area contributed by atoms with E-state index in [9.17, 15) is 14.4 Å². The second-order valence-electron chi connectivity index (χ2n) is 20.6. The lowest BCUT2D eigenvalue weighted by Gasteiger charge is -2.18. The van der Waals surface area contributed by atoms with E-state index in [0.29, 0.717) is 19.3 Å². The van der Waals surface area contributed by atoms with E-state index in [1.54, 1.807) is 0 Å². The summed E-state index contributed by atoms with van der Waals surface area (Å²) < 4.78 is 16.8. The summed E-state index contributed by atoms with van der Waals surface area (Å²) in [4.78, 5) is 38.3. The lowest BCUT2D eigenvalue weighted by Crippen LogP contribution is -2.30. The van der Waals surface area contributed by atoms with Crippen LogP contribution in [0, 0.1) is 0 Å². The quantitative estimate of drug-likeness (QED) is 0.0261. The number of hydrogen-bond donors (Lipinski definition) is 0. The topological polar surface area (TPSA) is 78.9 Å². The van der Waals surface area contributed by atoms with Crippen LogP contribution in [0.4, 0.5) is 0 Å². The van der Waals surface area contributed by atoms with Gasteiger partial charge in [-0.1, -0.05) is 278 Å². The standard InChI is InChI=1S/C69H116O6/c1-4-7-10-13-16-19-22-25-28-31-34-37-40-43-46-49-52-55-58-61-67(70)73-64-66(75-69(72)63-60-57-54-51-48-45-42-39-36-33-30-27-24-21-18-15-12-9-6-3)65-74-68(71)62-59-56-53-50-47-44-41-38-35-32-29-26-23-20-17-14-11-8-5-2/h16,18-19,21,25,27-28,30,34,36-37,39,43,45-46,48,52,55,66H,4-15,17,20,22-24,26,29,31-33,35,38,40-42,44,47,49-51,53-54,56-65H2,1-3H3/b19-16-,21-18-,28-25-,30-27-,37-34-,39-36-,46-43-,48-45-,55-52-/t66-/m1/s1. The molecule has 0 aliphatic heterocycles. The molecule has 0 aromatic rings. The SMILES string of the molecule is CCCCC/C=C\C/C=C\C/C=C\C/C=C\C/C=C\CCC(=O)OC[C@H](COC(=O)CCCCCCCCCCCCCCCCCCCCC)OC(=O)CCCCC/C=C\C/C=C\C/C=C\C/C=C\CCCCC. The Hall–Kier alpha value is -3.93. The third-order valence-corrected chi connectivity index (χ3v) is 13.3. The van der Waals surface area contributed by atoms with Gasteiger partial charge in [-0.05, 0) is 103 Å². The van der Waals surface area contributed by atoms with E-state index < -0.39 is 6.10 Å². The Balaban J connectivity index is 4.54. The number of ether oxygens (including phenoxy) is 3. The molecule has 6 nitrogen and oxygen atoms in total. The van der Waals surface area contributed by atoms with Crippen LogP contribution in [0.3, 0.4) is 0 Å². The summed E-state index contributed by atoms with van der Waals surface area (Å²) in [6, 6.07) is 0. The van der Waals surface area contributed by atoms with Crippen LogP contribution in [0.1, 0.15) is 290 Å². The highest BCUT2D eigenvalue weighted by atomic mass is 16.6. The fourth-order valence-corrected chi connectivity index (χ4v) is 8.53. The zero-order valence-corrected chi connectivity index (χ0v) is 49.0. The van der Waals surface area contributed by atoms with Gasteiger partial charge in [0.1, 0.15) is 13.2 Å². The van der Waals surface area contributed by atoms with Gasteiger partial charge in [-0.15, -0.1) is 0 Å². The van der Waals surface area contributed by atoms with Crippen molar-refractivity contribution in [1.82, 2.24) is 0 Å². The van der Waals surface area contributed by atoms with E-state index in [4.69, 9.17) is 14.2 Å². The maximum atomic E-state index is 12.9. The highest BCUT2D eigenvalue weighted by Gasteiger charge is 2.19. The van der Waals surface area contributed by atoms with Crippen LogP contribution >= 0.6 is 0 Å². The van der Waals surface area contributed by atoms with Crippen LogP contribution < -0.4 is 0 Å². The van der Waals surface area contributed by atoms with E-state index in [-0.39, 0.29) is 44.0 Å². The molecule has 0 saturated carbocycles. The molecule has 0 rings (SSSR count). The molecule has 6 heteroatoms. The maximum Gasteiger partial charge on any atom is 0.306 e. The lowest BCUT2D eigenvalue weighted by molar-refractivity contribution is -0.166. The monoisotopic (exact) mass is 1040 g/mol. The van der Waals surface area contributed by atoms with Gasteiger partial charge in [0.2, 0.25) is 0 Å². The van der Waals surface area contributed by atoms with E-state index in [0.717, 1.165) is 83.5 Å². The summed E-state index contributed by atoms with van der Waals surface area (Å²) >= 11 is 0. The molecule has 0 radical (unpaired) electrons. The minimum absolute atomic E-state index is 0.113. The van der Waals surface area contributed by atoms with Crippen LogP contribution in [0.15, 0.2) is 109 Å². The van der Waals surface area contributed by atoms with Gasteiger partial charge in [0.25, 0.3) is 0 Å². The second kappa shape index (κ2) is 62.6. The summed E-state index contributed by atoms with van der Waals surface area (Å²) in [5.41, 5.74) is 0. The van der Waals surface area contributed by atoms with Crippen molar-refractivity contribution in [2.45, 2.75) is 297 Å². The molecule has 0 aromatic heterocycles. The summed E-state index contributed by atoms with van der Waals surface area (Å²) in [7, 11) is 0. The molecule has 428 valence electrons. The Labute approximate surface area is 463 Å². The molecule has 0 spiro atoms. The first-order valence-electron chi connectivity index (χ1n) is 31.4. The van der Waals surface area contributed by atoms with Crippen molar-refractivity contribution in [2.24, 2.45) is 0 Å². The normalized spacial score (nSPS) is 12.8. The van der Waals surface area contributed by atoms with Gasteiger partial charge in [-0.25, -0.2) is 0 Å². The highest BCUT2D eigenvalue weighted by molar-refractivity contribution is 5.71. The molecule has 0 fully saturated rings. The van der Waals surface area contributed by atoms with Gasteiger partial charge in [-0.3, -0.25) is 14.4 Å². The molecular weight excluding hydrogens is 925 g/mol. The van der Waals surface area contributed by atoms with Crippen LogP contribution in [-0.4, -0.2) is 37.2 Å². The number of rotatable bonds is 56. The molecule has 0 heterocycles. The van der Waals surface area contributed by atoms with Crippen LogP contribution in [0.25, 0.3) is 0 Å². The number of esters is 3. The van der Waals surface area contributed by atoms with Gasteiger partial charge in [0.05, 0.1) is 0 Å². The number of unbranched alkanes of at least 4 members (excludes halogenated alkanes) is 27. The van der Waals surface area contributed by atoms with Crippen molar-refractivity contribution in [2.75, 3.05) is 13.2 Å². The predicted octanol–water partition coefficient (Wildman–Crippen LogP) is 21.4. The van der Waals surface area contributed by atoms with Crippen molar-refractivity contribution in [1.29, 1.82) is 0 Å². The molecule has 0 amide bonds. The Morgan fingerprint density at radius 1 is 0.267 bits per heavy atom. The molecule has 0 aromatic carbocycles. The summed E-state index contributed by atoms with van der Waals surface area (Å²) in [6.07, 6.45) is 85.3. The fourth-order valence-electron chi connectivity index (χ4n) is 8.53. The van der Waals surface area contributed by atoms with E-state index in [2.05, 4.69) is 124 Å². The predicted molar refractivity (Wildman–Crippen MR) is 325 cm³/mol. The second-order valence-corrected chi connectivity index (χ2v) is 20.6. The van der Waals surface area contributed by atoms with Crippen LogP contribution in [0.2, 0.25) is 0 Å². The van der Waals surface area contributed by atoms with Crippen molar-refractivity contribution in [3.8, 4) is 0 Å². The average Bonchev–Trinajstić information content (AvgIpc) is 3.41. The van der Waals surface area contributed by atoms with Crippen molar-refractivity contribution in [3.05, 3.63) is 109 Å². The Morgan fingerprint density at radius 3 is 0.853 bits per heavy atom. The van der Waals surface area contributed by atoms with Gasteiger partial charge in [-0.2, -0.15) is 0 Å². The first-order chi connectivity index (χ1) is 37.0. The molecule has 0 aliphatic rings. The number of allylic oxidation sites excluding steroid dienone is 18. The first kappa shape index (κ1) is 71.1. The van der Waals surface area contributed by atoms with Gasteiger partial charge in [0, 0.05) is 19.3 Å². The first-order valence-corrected chi connectivity index (χ1v) is 31.4. The smallest absolute Gasteiger partial charge is 0.306 e. The molecule has 0 N–H and O–H groups in total. The molecule has 0 saturated heterocycles. The summed E-state index contributed by atoms with van der Waals surface area (Å²) in [5.74, 6) is -1.02. The molecule has 0 unspecified atom stereocenters. The summed E-state index contributed by atoms with van der Waals surface area (Å²) in [6.45, 7) is 6.52. The largest absolute Gasteiger partial charge is 0.462 e. The molecule has 0 aliphatic carbocycles. The zero-order chi connectivity index (χ0) is 54.3. The van der Waals surface area contributed by atoms with E-state index in [1.807, 2.05) is 6.08 Å².